The molecule has 5 nitrogen and oxygen atoms in total. The Morgan fingerprint density at radius 1 is 1.15 bits per heavy atom. The third-order valence-electron chi connectivity index (χ3n) is 2.88. The predicted octanol–water partition coefficient (Wildman–Crippen LogP) is 1.91. The number of nitrogens with zero attached hydrogens (tertiary/aromatic N) is 1. The molecule has 0 aliphatic heterocycles. The molecule has 1 aromatic heterocycles. The normalized spacial score (nSPS) is 11.3. The second kappa shape index (κ2) is 6.02. The SMILES string of the molecule is CNS(=O)(=O)c1ccccc1NCc1ccc(C)cn1. The number of benzene rings is 1. The minimum absolute atomic E-state index is 0.231. The maximum Gasteiger partial charge on any atom is 0.242 e. The molecule has 0 saturated heterocycles. The zero-order valence-electron chi connectivity index (χ0n) is 11.4. The molecular weight excluding hydrogens is 274 g/mol. The summed E-state index contributed by atoms with van der Waals surface area (Å²) in [6.07, 6.45) is 1.78. The average Bonchev–Trinajstić information content (AvgIpc) is 2.47. The molecule has 0 atom stereocenters. The molecule has 2 rings (SSSR count). The van der Waals surface area contributed by atoms with E-state index >= 15 is 0 Å². The molecule has 0 fully saturated rings. The van der Waals surface area contributed by atoms with Gasteiger partial charge in [0.2, 0.25) is 10.0 Å². The van der Waals surface area contributed by atoms with E-state index in [9.17, 15) is 8.42 Å². The number of aromatic nitrogens is 1. The Kier molecular flexibility index (Phi) is 4.36. The van der Waals surface area contributed by atoms with Crippen molar-refractivity contribution < 1.29 is 8.42 Å². The Morgan fingerprint density at radius 3 is 2.55 bits per heavy atom. The molecule has 6 heteroatoms. The molecule has 0 spiro atoms. The molecule has 0 aliphatic carbocycles. The van der Waals surface area contributed by atoms with E-state index in [0.717, 1.165) is 11.3 Å². The second-order valence-electron chi connectivity index (χ2n) is 4.38. The molecule has 0 saturated carbocycles. The number of pyridine rings is 1. The molecule has 0 amide bonds. The Balaban J connectivity index is 2.20. The lowest BCUT2D eigenvalue weighted by atomic mass is 10.2. The van der Waals surface area contributed by atoms with Gasteiger partial charge in [0.1, 0.15) is 4.90 Å². The summed E-state index contributed by atoms with van der Waals surface area (Å²) < 4.78 is 26.1. The van der Waals surface area contributed by atoms with Crippen LogP contribution in [0.2, 0.25) is 0 Å². The molecule has 1 aromatic carbocycles. The van der Waals surface area contributed by atoms with Gasteiger partial charge < -0.3 is 5.32 Å². The smallest absolute Gasteiger partial charge is 0.242 e. The van der Waals surface area contributed by atoms with E-state index in [4.69, 9.17) is 0 Å². The number of anilines is 1. The van der Waals surface area contributed by atoms with Gasteiger partial charge in [0.15, 0.2) is 0 Å². The van der Waals surface area contributed by atoms with Crippen LogP contribution in [0.3, 0.4) is 0 Å². The molecule has 106 valence electrons. The first-order valence-electron chi connectivity index (χ1n) is 6.21. The largest absolute Gasteiger partial charge is 0.378 e. The first-order chi connectivity index (χ1) is 9.53. The van der Waals surface area contributed by atoms with Crippen LogP contribution in [0.25, 0.3) is 0 Å². The number of sulfonamides is 1. The van der Waals surface area contributed by atoms with Gasteiger partial charge in [-0.2, -0.15) is 0 Å². The first kappa shape index (κ1) is 14.5. The van der Waals surface area contributed by atoms with Gasteiger partial charge in [0.25, 0.3) is 0 Å². The number of rotatable bonds is 5. The maximum absolute atomic E-state index is 11.9. The van der Waals surface area contributed by atoms with Gasteiger partial charge in [-0.05, 0) is 37.7 Å². The van der Waals surface area contributed by atoms with Crippen molar-refractivity contribution in [2.75, 3.05) is 12.4 Å². The number of para-hydroxylation sites is 1. The molecule has 2 aromatic rings. The van der Waals surface area contributed by atoms with Gasteiger partial charge >= 0.3 is 0 Å². The maximum atomic E-state index is 11.9. The molecule has 0 radical (unpaired) electrons. The fourth-order valence-electron chi connectivity index (χ4n) is 1.75. The van der Waals surface area contributed by atoms with Gasteiger partial charge in [0.05, 0.1) is 17.9 Å². The summed E-state index contributed by atoms with van der Waals surface area (Å²) in [6, 6.07) is 10.7. The highest BCUT2D eigenvalue weighted by Gasteiger charge is 2.15. The van der Waals surface area contributed by atoms with Crippen LogP contribution < -0.4 is 10.0 Å². The van der Waals surface area contributed by atoms with Crippen LogP contribution in [0.4, 0.5) is 5.69 Å². The Labute approximate surface area is 119 Å². The number of nitrogens with one attached hydrogen (secondary N) is 2. The van der Waals surface area contributed by atoms with Crippen LogP contribution in [0.15, 0.2) is 47.5 Å². The van der Waals surface area contributed by atoms with Crippen molar-refractivity contribution in [3.05, 3.63) is 53.9 Å². The highest BCUT2D eigenvalue weighted by Crippen LogP contribution is 2.20. The van der Waals surface area contributed by atoms with Crippen molar-refractivity contribution in [3.8, 4) is 0 Å². The van der Waals surface area contributed by atoms with E-state index < -0.39 is 10.0 Å². The van der Waals surface area contributed by atoms with Crippen LogP contribution >= 0.6 is 0 Å². The van der Waals surface area contributed by atoms with E-state index in [2.05, 4.69) is 15.0 Å². The van der Waals surface area contributed by atoms with Crippen molar-refractivity contribution >= 4 is 15.7 Å². The van der Waals surface area contributed by atoms with Gasteiger partial charge in [0, 0.05) is 6.20 Å². The second-order valence-corrected chi connectivity index (χ2v) is 6.24. The summed E-state index contributed by atoms with van der Waals surface area (Å²) in [5.74, 6) is 0. The van der Waals surface area contributed by atoms with Crippen molar-refractivity contribution in [2.45, 2.75) is 18.4 Å². The van der Waals surface area contributed by atoms with Crippen LogP contribution in [-0.2, 0) is 16.6 Å². The quantitative estimate of drug-likeness (QED) is 0.883. The van der Waals surface area contributed by atoms with Gasteiger partial charge in [-0.25, -0.2) is 13.1 Å². The lowest BCUT2D eigenvalue weighted by Gasteiger charge is -2.11. The monoisotopic (exact) mass is 291 g/mol. The first-order valence-corrected chi connectivity index (χ1v) is 7.69. The summed E-state index contributed by atoms with van der Waals surface area (Å²) in [6.45, 7) is 2.44. The fourth-order valence-corrected chi connectivity index (χ4v) is 2.65. The Bertz CT molecular complexity index is 682. The zero-order chi connectivity index (χ0) is 14.6. The highest BCUT2D eigenvalue weighted by atomic mass is 32.2. The van der Waals surface area contributed by atoms with E-state index in [-0.39, 0.29) is 4.90 Å². The third-order valence-corrected chi connectivity index (χ3v) is 4.35. The summed E-state index contributed by atoms with van der Waals surface area (Å²) in [5, 5.41) is 3.11. The summed E-state index contributed by atoms with van der Waals surface area (Å²) >= 11 is 0. The van der Waals surface area contributed by atoms with Gasteiger partial charge in [-0.3, -0.25) is 4.98 Å². The number of hydrogen-bond acceptors (Lipinski definition) is 4. The molecule has 0 aliphatic rings. The van der Waals surface area contributed by atoms with Crippen molar-refractivity contribution in [3.63, 3.8) is 0 Å². The minimum atomic E-state index is -3.47. The molecular formula is C14H17N3O2S. The zero-order valence-corrected chi connectivity index (χ0v) is 12.2. The topological polar surface area (TPSA) is 71.1 Å². The summed E-state index contributed by atoms with van der Waals surface area (Å²) in [4.78, 5) is 4.51. The van der Waals surface area contributed by atoms with Crippen LogP contribution in [0.5, 0.6) is 0 Å². The Morgan fingerprint density at radius 2 is 1.90 bits per heavy atom. The predicted molar refractivity (Wildman–Crippen MR) is 79.0 cm³/mol. The van der Waals surface area contributed by atoms with E-state index in [1.165, 1.54) is 7.05 Å². The van der Waals surface area contributed by atoms with E-state index in [1.807, 2.05) is 19.1 Å². The lowest BCUT2D eigenvalue weighted by molar-refractivity contribution is 0.588. The molecule has 0 unspecified atom stereocenters. The summed E-state index contributed by atoms with van der Waals surface area (Å²) in [7, 11) is -2.08. The molecule has 2 N–H and O–H groups in total. The van der Waals surface area contributed by atoms with E-state index in [0.29, 0.717) is 12.2 Å². The van der Waals surface area contributed by atoms with Crippen molar-refractivity contribution in [1.82, 2.24) is 9.71 Å². The standard InChI is InChI=1S/C14H17N3O2S/c1-11-7-8-12(16-9-11)10-17-13-5-3-4-6-14(13)20(18,19)15-2/h3-9,15,17H,10H2,1-2H3. The molecule has 0 bridgehead atoms. The third kappa shape index (κ3) is 3.34. The Hall–Kier alpha value is -1.92. The van der Waals surface area contributed by atoms with Gasteiger partial charge in [-0.1, -0.05) is 18.2 Å². The minimum Gasteiger partial charge on any atom is -0.378 e. The van der Waals surface area contributed by atoms with Gasteiger partial charge in [-0.15, -0.1) is 0 Å². The highest BCUT2D eigenvalue weighted by molar-refractivity contribution is 7.89. The molecule has 20 heavy (non-hydrogen) atoms. The number of hydrogen-bond donors (Lipinski definition) is 2. The van der Waals surface area contributed by atoms with Crippen LogP contribution in [0.1, 0.15) is 11.3 Å². The molecule has 1 heterocycles. The van der Waals surface area contributed by atoms with Crippen LogP contribution in [0, 0.1) is 6.92 Å². The summed E-state index contributed by atoms with van der Waals surface area (Å²) in [5.41, 5.74) is 2.50. The van der Waals surface area contributed by atoms with Crippen molar-refractivity contribution in [2.24, 2.45) is 0 Å². The van der Waals surface area contributed by atoms with Crippen molar-refractivity contribution in [1.29, 1.82) is 0 Å². The number of aryl methyl sites for hydroxylation is 1. The van der Waals surface area contributed by atoms with E-state index in [1.54, 1.807) is 30.5 Å². The average molecular weight is 291 g/mol. The van der Waals surface area contributed by atoms with Crippen LogP contribution in [-0.4, -0.2) is 20.4 Å². The lowest BCUT2D eigenvalue weighted by Crippen LogP contribution is -2.20. The fraction of sp³-hybridized carbons (Fsp3) is 0.214.